The molecule has 0 radical (unpaired) electrons. The van der Waals surface area contributed by atoms with Crippen molar-refractivity contribution in [2.75, 3.05) is 25.6 Å². The summed E-state index contributed by atoms with van der Waals surface area (Å²) in [6.07, 6.45) is -4.56. The monoisotopic (exact) mass is 370 g/mol. The number of anilines is 1. The minimum absolute atomic E-state index is 0. The number of amides is 1. The van der Waals surface area contributed by atoms with E-state index in [0.29, 0.717) is 0 Å². The number of nitrogens with two attached hydrogens (primary N) is 1. The van der Waals surface area contributed by atoms with Crippen molar-refractivity contribution in [3.8, 4) is 5.75 Å². The molecule has 0 fully saturated rings. The molecule has 1 atom stereocenters. The van der Waals surface area contributed by atoms with Gasteiger partial charge < -0.3 is 20.5 Å². The molecule has 0 aliphatic heterocycles. The molecule has 1 unspecified atom stereocenters. The zero-order chi connectivity index (χ0) is 17.6. The first kappa shape index (κ1) is 22.0. The van der Waals surface area contributed by atoms with Crippen LogP contribution in [0.2, 0.25) is 0 Å². The van der Waals surface area contributed by atoms with E-state index in [1.165, 1.54) is 12.1 Å². The van der Waals surface area contributed by atoms with Crippen molar-refractivity contribution in [3.05, 3.63) is 23.8 Å². The minimum Gasteiger partial charge on any atom is -0.482 e. The van der Waals surface area contributed by atoms with Crippen LogP contribution in [-0.2, 0) is 9.53 Å². The topological polar surface area (TPSA) is 90.7 Å². The fourth-order valence-corrected chi connectivity index (χ4v) is 1.51. The molecule has 0 spiro atoms. The first-order chi connectivity index (χ1) is 10.7. The van der Waals surface area contributed by atoms with Gasteiger partial charge in [-0.2, -0.15) is 13.2 Å². The van der Waals surface area contributed by atoms with Gasteiger partial charge in [0.1, 0.15) is 5.75 Å². The number of alkyl halides is 3. The second-order valence-corrected chi connectivity index (χ2v) is 4.73. The Labute approximate surface area is 142 Å². The first-order valence-electron chi connectivity index (χ1n) is 6.60. The smallest absolute Gasteiger partial charge is 0.422 e. The van der Waals surface area contributed by atoms with E-state index in [1.807, 2.05) is 0 Å². The van der Waals surface area contributed by atoms with Crippen molar-refractivity contribution in [3.63, 3.8) is 0 Å². The number of benzene rings is 1. The fourth-order valence-electron chi connectivity index (χ4n) is 1.51. The van der Waals surface area contributed by atoms with Gasteiger partial charge in [-0.25, -0.2) is 4.79 Å². The van der Waals surface area contributed by atoms with Gasteiger partial charge in [0.2, 0.25) is 5.91 Å². The van der Waals surface area contributed by atoms with E-state index in [1.54, 1.807) is 6.92 Å². The van der Waals surface area contributed by atoms with Gasteiger partial charge in [0.25, 0.3) is 0 Å². The molecule has 10 heteroatoms. The molecule has 1 aromatic rings. The average molecular weight is 371 g/mol. The molecule has 0 saturated heterocycles. The Morgan fingerprint density at radius 3 is 2.46 bits per heavy atom. The third kappa shape index (κ3) is 6.63. The third-order valence-electron chi connectivity index (χ3n) is 2.85. The predicted molar refractivity (Wildman–Crippen MR) is 83.4 cm³/mol. The van der Waals surface area contributed by atoms with Crippen LogP contribution in [-0.4, -0.2) is 38.3 Å². The highest BCUT2D eigenvalue weighted by Gasteiger charge is 2.29. The highest BCUT2D eigenvalue weighted by atomic mass is 35.5. The summed E-state index contributed by atoms with van der Waals surface area (Å²) in [6, 6.07) is 3.63. The number of hydrogen-bond acceptors (Lipinski definition) is 5. The van der Waals surface area contributed by atoms with Crippen molar-refractivity contribution < 1.29 is 32.2 Å². The number of methoxy groups -OCH3 is 1. The van der Waals surface area contributed by atoms with Crippen molar-refractivity contribution in [1.29, 1.82) is 0 Å². The van der Waals surface area contributed by atoms with Crippen molar-refractivity contribution in [2.24, 2.45) is 11.7 Å². The Hall–Kier alpha value is -2.00. The largest absolute Gasteiger partial charge is 0.482 e. The Bertz CT molecular complexity index is 582. The lowest BCUT2D eigenvalue weighted by atomic mass is 10.1. The lowest BCUT2D eigenvalue weighted by molar-refractivity contribution is -0.153. The van der Waals surface area contributed by atoms with E-state index in [9.17, 15) is 22.8 Å². The van der Waals surface area contributed by atoms with E-state index >= 15 is 0 Å². The molecule has 0 bridgehead atoms. The molecule has 1 amide bonds. The van der Waals surface area contributed by atoms with Gasteiger partial charge in [0.05, 0.1) is 18.4 Å². The summed E-state index contributed by atoms with van der Waals surface area (Å²) in [7, 11) is 1.14. The molecule has 1 aromatic carbocycles. The molecule has 1 rings (SSSR count). The summed E-state index contributed by atoms with van der Waals surface area (Å²) in [6.45, 7) is 0.0755. The van der Waals surface area contributed by atoms with Crippen molar-refractivity contribution >= 4 is 30.0 Å². The quantitative estimate of drug-likeness (QED) is 0.750. The number of rotatable bonds is 6. The number of carbonyl (C=O) groups is 2. The van der Waals surface area contributed by atoms with Gasteiger partial charge in [0, 0.05) is 12.5 Å². The van der Waals surface area contributed by atoms with Gasteiger partial charge in [-0.3, -0.25) is 4.79 Å². The Morgan fingerprint density at radius 2 is 1.96 bits per heavy atom. The number of esters is 1. The molecule has 24 heavy (non-hydrogen) atoms. The van der Waals surface area contributed by atoms with E-state index in [-0.39, 0.29) is 36.0 Å². The molecule has 0 aliphatic rings. The van der Waals surface area contributed by atoms with Gasteiger partial charge in [-0.05, 0) is 18.2 Å². The van der Waals surface area contributed by atoms with Crippen LogP contribution in [0.1, 0.15) is 17.3 Å². The summed E-state index contributed by atoms with van der Waals surface area (Å²) >= 11 is 0. The second-order valence-electron chi connectivity index (χ2n) is 4.73. The maximum absolute atomic E-state index is 12.3. The highest BCUT2D eigenvalue weighted by Crippen LogP contribution is 2.28. The van der Waals surface area contributed by atoms with Crippen molar-refractivity contribution in [2.45, 2.75) is 13.1 Å². The summed E-state index contributed by atoms with van der Waals surface area (Å²) in [4.78, 5) is 23.3. The van der Waals surface area contributed by atoms with Crippen molar-refractivity contribution in [1.82, 2.24) is 0 Å². The molecular formula is C14H18ClF3N2O4. The average Bonchev–Trinajstić information content (AvgIpc) is 2.51. The molecule has 136 valence electrons. The Balaban J connectivity index is 0.00000529. The zero-order valence-electron chi connectivity index (χ0n) is 13.0. The fraction of sp³-hybridized carbons (Fsp3) is 0.429. The van der Waals surface area contributed by atoms with E-state index in [4.69, 9.17) is 5.73 Å². The number of hydrogen-bond donors (Lipinski definition) is 2. The van der Waals surface area contributed by atoms with E-state index in [2.05, 4.69) is 14.8 Å². The predicted octanol–water partition coefficient (Wildman–Crippen LogP) is 2.37. The lowest BCUT2D eigenvalue weighted by Gasteiger charge is -2.16. The number of ether oxygens (including phenoxy) is 2. The van der Waals surface area contributed by atoms with Crippen LogP contribution < -0.4 is 15.8 Å². The molecule has 0 aliphatic carbocycles. The van der Waals surface area contributed by atoms with E-state index < -0.39 is 30.6 Å². The Kier molecular flexibility index (Phi) is 8.56. The second kappa shape index (κ2) is 9.33. The number of carbonyl (C=O) groups excluding carboxylic acids is 2. The van der Waals surface area contributed by atoms with Crippen LogP contribution in [0, 0.1) is 5.92 Å². The normalized spacial score (nSPS) is 11.9. The van der Waals surface area contributed by atoms with Gasteiger partial charge in [0.15, 0.2) is 6.61 Å². The summed E-state index contributed by atoms with van der Waals surface area (Å²) < 4.78 is 46.1. The Morgan fingerprint density at radius 1 is 1.33 bits per heavy atom. The maximum Gasteiger partial charge on any atom is 0.422 e. The minimum atomic E-state index is -4.56. The summed E-state index contributed by atoms with van der Waals surface area (Å²) in [5.74, 6) is -2.04. The highest BCUT2D eigenvalue weighted by molar-refractivity contribution is 5.96. The van der Waals surface area contributed by atoms with E-state index in [0.717, 1.165) is 13.2 Å². The molecule has 3 N–H and O–H groups in total. The van der Waals surface area contributed by atoms with Crippen LogP contribution in [0.5, 0.6) is 5.75 Å². The van der Waals surface area contributed by atoms with Gasteiger partial charge in [-0.1, -0.05) is 6.92 Å². The maximum atomic E-state index is 12.3. The number of nitrogens with one attached hydrogen (secondary N) is 1. The molecular weight excluding hydrogens is 353 g/mol. The van der Waals surface area contributed by atoms with Gasteiger partial charge in [-0.15, -0.1) is 12.4 Å². The van der Waals surface area contributed by atoms with Crippen LogP contribution in [0.25, 0.3) is 0 Å². The lowest BCUT2D eigenvalue weighted by Crippen LogP contribution is -2.27. The standard InChI is InChI=1S/C14H17F3N2O4.ClH/c1-8(6-18)12(20)19-10-4-3-9(13(21)22-2)5-11(10)23-7-14(15,16)17;/h3-5,8H,6-7,18H2,1-2H3,(H,19,20);1H. The van der Waals surface area contributed by atoms with Crippen LogP contribution in [0.4, 0.5) is 18.9 Å². The molecule has 0 aromatic heterocycles. The SMILES string of the molecule is COC(=O)c1ccc(NC(=O)C(C)CN)c(OCC(F)(F)F)c1.Cl. The molecule has 6 nitrogen and oxygen atoms in total. The summed E-state index contributed by atoms with van der Waals surface area (Å²) in [5, 5.41) is 2.42. The molecule has 0 heterocycles. The van der Waals surface area contributed by atoms with Crippen LogP contribution >= 0.6 is 12.4 Å². The number of halogens is 4. The van der Waals surface area contributed by atoms with Crippen LogP contribution in [0.15, 0.2) is 18.2 Å². The summed E-state index contributed by atoms with van der Waals surface area (Å²) in [5.41, 5.74) is 5.36. The zero-order valence-corrected chi connectivity index (χ0v) is 13.8. The van der Waals surface area contributed by atoms with Gasteiger partial charge >= 0.3 is 12.1 Å². The third-order valence-corrected chi connectivity index (χ3v) is 2.85. The molecule has 0 saturated carbocycles. The van der Waals surface area contributed by atoms with Crippen LogP contribution in [0.3, 0.4) is 0 Å². The first-order valence-corrected chi connectivity index (χ1v) is 6.60.